The molecule has 3 unspecified atom stereocenters. The SMILES string of the molecule is C=CCC(C)C(C)S(N)(=O)=NC(=O)C(F)(F)F. The van der Waals surface area contributed by atoms with E-state index in [0.29, 0.717) is 6.42 Å². The van der Waals surface area contributed by atoms with Crippen molar-refractivity contribution in [3.63, 3.8) is 0 Å². The summed E-state index contributed by atoms with van der Waals surface area (Å²) in [5.74, 6) is -2.70. The van der Waals surface area contributed by atoms with Gasteiger partial charge < -0.3 is 0 Å². The number of amides is 1. The summed E-state index contributed by atoms with van der Waals surface area (Å²) in [7, 11) is -3.71. The first-order valence-corrected chi connectivity index (χ1v) is 6.42. The fourth-order valence-corrected chi connectivity index (χ4v) is 2.36. The Hall–Kier alpha value is -0.890. The molecule has 0 saturated heterocycles. The molecule has 0 bridgehead atoms. The Bertz CT molecular complexity index is 411. The molecule has 8 heteroatoms. The minimum Gasteiger partial charge on any atom is -0.261 e. The Kier molecular flexibility index (Phi) is 5.34. The molecule has 0 saturated carbocycles. The lowest BCUT2D eigenvalue weighted by Crippen LogP contribution is -2.34. The van der Waals surface area contributed by atoms with Crippen LogP contribution in [0.1, 0.15) is 20.3 Å². The van der Waals surface area contributed by atoms with Crippen molar-refractivity contribution in [2.75, 3.05) is 0 Å². The van der Waals surface area contributed by atoms with E-state index < -0.39 is 27.2 Å². The average molecular weight is 272 g/mol. The molecule has 0 radical (unpaired) electrons. The van der Waals surface area contributed by atoms with E-state index in [0.717, 1.165) is 0 Å². The van der Waals surface area contributed by atoms with E-state index in [1.165, 1.54) is 13.0 Å². The van der Waals surface area contributed by atoms with Gasteiger partial charge in [-0.25, -0.2) is 9.35 Å². The van der Waals surface area contributed by atoms with Crippen LogP contribution in [-0.2, 0) is 14.7 Å². The van der Waals surface area contributed by atoms with Crippen molar-refractivity contribution in [2.24, 2.45) is 15.4 Å². The third kappa shape index (κ3) is 4.86. The van der Waals surface area contributed by atoms with E-state index in [2.05, 4.69) is 10.9 Å². The fraction of sp³-hybridized carbons (Fsp3) is 0.667. The number of halogens is 3. The molecule has 1 amide bonds. The molecule has 0 fully saturated rings. The monoisotopic (exact) mass is 272 g/mol. The number of rotatable bonds is 4. The van der Waals surface area contributed by atoms with Crippen molar-refractivity contribution >= 4 is 15.8 Å². The van der Waals surface area contributed by atoms with E-state index in [9.17, 15) is 22.2 Å². The number of carbonyl (C=O) groups is 1. The van der Waals surface area contributed by atoms with Gasteiger partial charge in [0.05, 0.1) is 5.25 Å². The standard InChI is InChI=1S/C9H15F3N2O2S/c1-4-5-6(2)7(3)17(13,16)14-8(15)9(10,11)12/h4,6-7H,1,5H2,2-3H3,(H2,13,14,15,16). The summed E-state index contributed by atoms with van der Waals surface area (Å²) in [5.41, 5.74) is 0. The van der Waals surface area contributed by atoms with Crippen molar-refractivity contribution in [1.82, 2.24) is 0 Å². The van der Waals surface area contributed by atoms with Gasteiger partial charge in [-0.05, 0) is 19.3 Å². The minimum atomic E-state index is -5.15. The van der Waals surface area contributed by atoms with Crippen molar-refractivity contribution in [3.05, 3.63) is 12.7 Å². The van der Waals surface area contributed by atoms with Gasteiger partial charge in [-0.3, -0.25) is 4.79 Å². The highest BCUT2D eigenvalue weighted by molar-refractivity contribution is 7.92. The molecule has 17 heavy (non-hydrogen) atoms. The quantitative estimate of drug-likeness (QED) is 0.795. The van der Waals surface area contributed by atoms with Crippen LogP contribution in [0, 0.1) is 5.92 Å². The molecule has 0 rings (SSSR count). The van der Waals surface area contributed by atoms with Gasteiger partial charge in [0.2, 0.25) is 0 Å². The Morgan fingerprint density at radius 2 is 2.00 bits per heavy atom. The zero-order chi connectivity index (χ0) is 13.9. The summed E-state index contributed by atoms with van der Waals surface area (Å²) in [6.45, 7) is 6.49. The number of allylic oxidation sites excluding steroid dienone is 1. The van der Waals surface area contributed by atoms with Crippen molar-refractivity contribution in [1.29, 1.82) is 0 Å². The largest absolute Gasteiger partial charge is 0.474 e. The highest BCUT2D eigenvalue weighted by Gasteiger charge is 2.40. The zero-order valence-corrected chi connectivity index (χ0v) is 10.3. The number of nitrogens with zero attached hydrogens (tertiary/aromatic N) is 1. The van der Waals surface area contributed by atoms with E-state index >= 15 is 0 Å². The third-order valence-corrected chi connectivity index (χ3v) is 4.32. The first kappa shape index (κ1) is 16.1. The molecule has 100 valence electrons. The first-order chi connectivity index (χ1) is 7.52. The van der Waals surface area contributed by atoms with E-state index in [-0.39, 0.29) is 5.92 Å². The molecule has 0 aromatic heterocycles. The topological polar surface area (TPSA) is 72.5 Å². The molecule has 0 aliphatic rings. The van der Waals surface area contributed by atoms with E-state index in [4.69, 9.17) is 5.14 Å². The van der Waals surface area contributed by atoms with Crippen LogP contribution in [0.4, 0.5) is 13.2 Å². The fourth-order valence-electron chi connectivity index (χ4n) is 1.05. The summed E-state index contributed by atoms with van der Waals surface area (Å²) in [6, 6.07) is 0. The number of alkyl halides is 3. The number of carbonyl (C=O) groups excluding carboxylic acids is 1. The molecule has 0 aromatic rings. The first-order valence-electron chi connectivity index (χ1n) is 4.78. The van der Waals surface area contributed by atoms with Gasteiger partial charge in [0.25, 0.3) is 0 Å². The molecule has 4 nitrogen and oxygen atoms in total. The van der Waals surface area contributed by atoms with Crippen LogP contribution in [0.15, 0.2) is 17.0 Å². The maximum Gasteiger partial charge on any atom is 0.474 e. The van der Waals surface area contributed by atoms with Gasteiger partial charge in [0.15, 0.2) is 0 Å². The zero-order valence-electron chi connectivity index (χ0n) is 9.53. The van der Waals surface area contributed by atoms with Gasteiger partial charge in [-0.2, -0.15) is 13.2 Å². The second-order valence-corrected chi connectivity index (χ2v) is 5.87. The highest BCUT2D eigenvalue weighted by Crippen LogP contribution is 2.20. The minimum absolute atomic E-state index is 0.283. The Morgan fingerprint density at radius 1 is 1.53 bits per heavy atom. The van der Waals surface area contributed by atoms with Crippen molar-refractivity contribution < 1.29 is 22.2 Å². The second kappa shape index (κ2) is 5.63. The van der Waals surface area contributed by atoms with E-state index in [1.54, 1.807) is 6.92 Å². The maximum absolute atomic E-state index is 12.0. The Balaban J connectivity index is 5.14. The Labute approximate surface area is 98.4 Å². The van der Waals surface area contributed by atoms with Crippen LogP contribution >= 0.6 is 0 Å². The Morgan fingerprint density at radius 3 is 2.35 bits per heavy atom. The second-order valence-electron chi connectivity index (χ2n) is 3.71. The van der Waals surface area contributed by atoms with Gasteiger partial charge in [0, 0.05) is 0 Å². The number of nitrogens with two attached hydrogens (primary N) is 1. The molecule has 0 heterocycles. The summed E-state index contributed by atoms with van der Waals surface area (Å²) < 4.78 is 50.2. The van der Waals surface area contributed by atoms with Crippen LogP contribution in [0.5, 0.6) is 0 Å². The lowest BCUT2D eigenvalue weighted by Gasteiger charge is -2.19. The predicted octanol–water partition coefficient (Wildman–Crippen LogP) is 2.02. The molecule has 0 aliphatic heterocycles. The van der Waals surface area contributed by atoms with E-state index in [1.807, 2.05) is 0 Å². The third-order valence-electron chi connectivity index (χ3n) is 2.34. The molecular formula is C9H15F3N2O2S. The van der Waals surface area contributed by atoms with Gasteiger partial charge in [0.1, 0.15) is 9.92 Å². The molecule has 0 aromatic carbocycles. The maximum atomic E-state index is 12.0. The van der Waals surface area contributed by atoms with Crippen LogP contribution in [0.25, 0.3) is 0 Å². The lowest BCUT2D eigenvalue weighted by molar-refractivity contribution is -0.169. The van der Waals surface area contributed by atoms with Crippen molar-refractivity contribution in [2.45, 2.75) is 31.7 Å². The van der Waals surface area contributed by atoms with Crippen LogP contribution in [0.3, 0.4) is 0 Å². The van der Waals surface area contributed by atoms with Crippen LogP contribution in [-0.4, -0.2) is 21.5 Å². The number of hydrogen-bond donors (Lipinski definition) is 1. The summed E-state index contributed by atoms with van der Waals surface area (Å²) in [6.07, 6.45) is -3.20. The molecule has 0 aliphatic carbocycles. The molecule has 0 spiro atoms. The average Bonchev–Trinajstić information content (AvgIpc) is 2.14. The normalized spacial score (nSPS) is 18.9. The molecule has 3 atom stereocenters. The molecule has 2 N–H and O–H groups in total. The summed E-state index contributed by atoms with van der Waals surface area (Å²) >= 11 is 0. The predicted molar refractivity (Wildman–Crippen MR) is 59.3 cm³/mol. The van der Waals surface area contributed by atoms with Gasteiger partial charge >= 0.3 is 12.1 Å². The summed E-state index contributed by atoms with van der Waals surface area (Å²) in [5, 5.41) is 4.35. The summed E-state index contributed by atoms with van der Waals surface area (Å²) in [4.78, 5) is 10.6. The molecular weight excluding hydrogens is 257 g/mol. The van der Waals surface area contributed by atoms with Crippen LogP contribution < -0.4 is 5.14 Å². The highest BCUT2D eigenvalue weighted by atomic mass is 32.2. The van der Waals surface area contributed by atoms with Crippen molar-refractivity contribution in [3.8, 4) is 0 Å². The smallest absolute Gasteiger partial charge is 0.261 e. The van der Waals surface area contributed by atoms with Gasteiger partial charge in [-0.1, -0.05) is 13.0 Å². The van der Waals surface area contributed by atoms with Crippen LogP contribution in [0.2, 0.25) is 0 Å². The lowest BCUT2D eigenvalue weighted by atomic mass is 10.1. The number of hydrogen-bond acceptors (Lipinski definition) is 2. The van der Waals surface area contributed by atoms with Gasteiger partial charge in [-0.15, -0.1) is 10.9 Å².